The number of carbonyl (C=O) groups is 2. The minimum Gasteiger partial charge on any atom is -0.494 e. The Morgan fingerprint density at radius 3 is 1.84 bits per heavy atom. The summed E-state index contributed by atoms with van der Waals surface area (Å²) in [5.41, 5.74) is 2.46. The van der Waals surface area contributed by atoms with Gasteiger partial charge < -0.3 is 14.8 Å². The molecule has 7 nitrogen and oxygen atoms in total. The Hall–Kier alpha value is -3.91. The molecule has 0 atom stereocenters. The molecule has 0 aliphatic heterocycles. The number of nitrogens with zero attached hydrogens (tertiary/aromatic N) is 1. The summed E-state index contributed by atoms with van der Waals surface area (Å²) in [4.78, 5) is 29.9. The normalized spacial score (nSPS) is 10.8. The van der Waals surface area contributed by atoms with E-state index >= 15 is 0 Å². The van der Waals surface area contributed by atoms with E-state index < -0.39 is 0 Å². The smallest absolute Gasteiger partial charge is 0.257 e. The van der Waals surface area contributed by atoms with Crippen LogP contribution < -0.4 is 20.1 Å². The third-order valence-electron chi connectivity index (χ3n) is 5.63. The molecule has 0 aliphatic rings. The molecule has 0 aliphatic carbocycles. The second-order valence-corrected chi connectivity index (χ2v) is 9.59. The van der Waals surface area contributed by atoms with Crippen molar-refractivity contribution in [1.29, 1.82) is 0 Å². The number of aromatic nitrogens is 1. The fourth-order valence-electron chi connectivity index (χ4n) is 3.50. The third-order valence-corrected chi connectivity index (χ3v) is 6.57. The van der Waals surface area contributed by atoms with Crippen molar-refractivity contribution in [3.05, 3.63) is 77.9 Å². The molecule has 2 amide bonds. The zero-order valence-electron chi connectivity index (χ0n) is 21.1. The molecule has 8 heteroatoms. The molecular formula is C29H31N3O4S. The first-order valence-corrected chi connectivity index (χ1v) is 13.4. The first-order chi connectivity index (χ1) is 18.1. The fourth-order valence-corrected chi connectivity index (χ4v) is 4.40. The molecule has 2 N–H and O–H groups in total. The quantitative estimate of drug-likeness (QED) is 0.195. The average molecular weight is 518 g/mol. The zero-order valence-corrected chi connectivity index (χ0v) is 21.9. The van der Waals surface area contributed by atoms with Gasteiger partial charge in [0, 0.05) is 16.8 Å². The van der Waals surface area contributed by atoms with Gasteiger partial charge in [-0.1, -0.05) is 38.0 Å². The minimum absolute atomic E-state index is 0.209. The highest BCUT2D eigenvalue weighted by molar-refractivity contribution is 7.22. The number of thiazole rings is 1. The van der Waals surface area contributed by atoms with Gasteiger partial charge in [-0.25, -0.2) is 4.98 Å². The van der Waals surface area contributed by atoms with E-state index in [9.17, 15) is 9.59 Å². The lowest BCUT2D eigenvalue weighted by Crippen LogP contribution is -2.11. The lowest BCUT2D eigenvalue weighted by Gasteiger charge is -2.07. The van der Waals surface area contributed by atoms with Crippen LogP contribution in [0.25, 0.3) is 10.2 Å². The molecule has 1 heterocycles. The number of nitrogens with one attached hydrogen (secondary N) is 2. The van der Waals surface area contributed by atoms with Gasteiger partial charge in [-0.3, -0.25) is 14.9 Å². The van der Waals surface area contributed by atoms with E-state index in [1.165, 1.54) is 11.3 Å². The molecular weight excluding hydrogens is 486 g/mol. The molecule has 3 aromatic carbocycles. The standard InChI is InChI=1S/C29H31N3O4S/c1-3-5-17-35-23-12-7-20(8-13-23)27(33)30-22-11-16-25-26(19-22)37-29(31-25)32-28(34)21-9-14-24(15-10-21)36-18-6-4-2/h7-16,19H,3-6,17-18H2,1-2H3,(H,30,33)(H,31,32,34). The van der Waals surface area contributed by atoms with E-state index in [2.05, 4.69) is 29.5 Å². The number of ether oxygens (including phenoxy) is 2. The van der Waals surface area contributed by atoms with Crippen LogP contribution in [0.1, 0.15) is 60.2 Å². The second kappa shape index (κ2) is 12.9. The number of anilines is 2. The van der Waals surface area contributed by atoms with Gasteiger partial charge in [0.2, 0.25) is 0 Å². The van der Waals surface area contributed by atoms with E-state index in [1.54, 1.807) is 54.6 Å². The third kappa shape index (κ3) is 7.30. The average Bonchev–Trinajstić information content (AvgIpc) is 3.31. The molecule has 0 saturated heterocycles. The highest BCUT2D eigenvalue weighted by Crippen LogP contribution is 2.29. The maximum absolute atomic E-state index is 12.7. The topological polar surface area (TPSA) is 89.5 Å². The summed E-state index contributed by atoms with van der Waals surface area (Å²) in [5.74, 6) is 1.05. The number of unbranched alkanes of at least 4 members (excludes halogenated alkanes) is 2. The van der Waals surface area contributed by atoms with Crippen LogP contribution in [0, 0.1) is 0 Å². The highest BCUT2D eigenvalue weighted by Gasteiger charge is 2.12. The Labute approximate surface area is 220 Å². The molecule has 192 valence electrons. The summed E-state index contributed by atoms with van der Waals surface area (Å²) in [6.45, 7) is 5.55. The van der Waals surface area contributed by atoms with Crippen LogP contribution in [0.5, 0.6) is 11.5 Å². The molecule has 0 unspecified atom stereocenters. The van der Waals surface area contributed by atoms with Gasteiger partial charge >= 0.3 is 0 Å². The number of benzene rings is 3. The fraction of sp³-hybridized carbons (Fsp3) is 0.276. The lowest BCUT2D eigenvalue weighted by atomic mass is 10.2. The van der Waals surface area contributed by atoms with Crippen LogP contribution >= 0.6 is 11.3 Å². The summed E-state index contributed by atoms with van der Waals surface area (Å²) in [6, 6.07) is 19.6. The van der Waals surface area contributed by atoms with Crippen LogP contribution in [0.4, 0.5) is 10.8 Å². The Balaban J connectivity index is 1.36. The van der Waals surface area contributed by atoms with Gasteiger partial charge in [0.05, 0.1) is 23.4 Å². The van der Waals surface area contributed by atoms with E-state index in [-0.39, 0.29) is 11.8 Å². The summed E-state index contributed by atoms with van der Waals surface area (Å²) in [7, 11) is 0. The van der Waals surface area contributed by atoms with Crippen molar-refractivity contribution < 1.29 is 19.1 Å². The van der Waals surface area contributed by atoms with Crippen molar-refractivity contribution in [3.8, 4) is 11.5 Å². The van der Waals surface area contributed by atoms with Crippen molar-refractivity contribution in [2.75, 3.05) is 23.8 Å². The van der Waals surface area contributed by atoms with Gasteiger partial charge in [-0.05, 0) is 79.6 Å². The van der Waals surface area contributed by atoms with Gasteiger partial charge in [0.25, 0.3) is 11.8 Å². The zero-order chi connectivity index (χ0) is 26.0. The number of carbonyl (C=O) groups excluding carboxylic acids is 2. The number of amides is 2. The first kappa shape index (κ1) is 26.2. The van der Waals surface area contributed by atoms with Crippen LogP contribution in [0.15, 0.2) is 66.7 Å². The van der Waals surface area contributed by atoms with Gasteiger partial charge in [-0.15, -0.1) is 0 Å². The first-order valence-electron chi connectivity index (χ1n) is 12.5. The molecule has 0 saturated carbocycles. The lowest BCUT2D eigenvalue weighted by molar-refractivity contribution is 0.101. The Bertz CT molecular complexity index is 1270. The Morgan fingerprint density at radius 2 is 1.30 bits per heavy atom. The van der Waals surface area contributed by atoms with Crippen molar-refractivity contribution >= 4 is 44.2 Å². The molecule has 37 heavy (non-hydrogen) atoms. The molecule has 4 aromatic rings. The molecule has 4 rings (SSSR count). The van der Waals surface area contributed by atoms with Gasteiger partial charge in [-0.2, -0.15) is 0 Å². The van der Waals surface area contributed by atoms with E-state index in [0.717, 1.165) is 47.4 Å². The molecule has 0 spiro atoms. The number of rotatable bonds is 12. The number of hydrogen-bond donors (Lipinski definition) is 2. The summed E-state index contributed by atoms with van der Waals surface area (Å²) >= 11 is 1.35. The van der Waals surface area contributed by atoms with Crippen LogP contribution in [0.2, 0.25) is 0 Å². The molecule has 1 aromatic heterocycles. The number of hydrogen-bond acceptors (Lipinski definition) is 6. The monoisotopic (exact) mass is 517 g/mol. The van der Waals surface area contributed by atoms with Crippen molar-refractivity contribution in [2.45, 2.75) is 39.5 Å². The summed E-state index contributed by atoms with van der Waals surface area (Å²) in [5, 5.41) is 6.27. The maximum atomic E-state index is 12.7. The van der Waals surface area contributed by atoms with E-state index in [4.69, 9.17) is 9.47 Å². The predicted molar refractivity (Wildman–Crippen MR) is 149 cm³/mol. The number of fused-ring (bicyclic) bond motifs is 1. The van der Waals surface area contributed by atoms with Crippen LogP contribution in [0.3, 0.4) is 0 Å². The Morgan fingerprint density at radius 1 is 0.757 bits per heavy atom. The van der Waals surface area contributed by atoms with E-state index in [1.807, 2.05) is 12.1 Å². The Kier molecular flexibility index (Phi) is 9.10. The van der Waals surface area contributed by atoms with Crippen molar-refractivity contribution in [1.82, 2.24) is 4.98 Å². The molecule has 0 bridgehead atoms. The van der Waals surface area contributed by atoms with Gasteiger partial charge in [0.15, 0.2) is 5.13 Å². The summed E-state index contributed by atoms with van der Waals surface area (Å²) in [6.07, 6.45) is 4.13. The highest BCUT2D eigenvalue weighted by atomic mass is 32.1. The maximum Gasteiger partial charge on any atom is 0.257 e. The SMILES string of the molecule is CCCCOc1ccc(C(=O)Nc2ccc3nc(NC(=O)c4ccc(OCCCC)cc4)sc3c2)cc1. The van der Waals surface area contributed by atoms with Gasteiger partial charge in [0.1, 0.15) is 11.5 Å². The second-order valence-electron chi connectivity index (χ2n) is 8.56. The summed E-state index contributed by atoms with van der Waals surface area (Å²) < 4.78 is 12.2. The largest absolute Gasteiger partial charge is 0.494 e. The van der Waals surface area contributed by atoms with Crippen molar-refractivity contribution in [3.63, 3.8) is 0 Å². The minimum atomic E-state index is -0.241. The van der Waals surface area contributed by atoms with Crippen LogP contribution in [-0.4, -0.2) is 30.0 Å². The van der Waals surface area contributed by atoms with Crippen molar-refractivity contribution in [2.24, 2.45) is 0 Å². The molecule has 0 radical (unpaired) electrons. The van der Waals surface area contributed by atoms with Crippen LogP contribution in [-0.2, 0) is 0 Å². The van der Waals surface area contributed by atoms with E-state index in [0.29, 0.717) is 35.2 Å². The molecule has 0 fully saturated rings. The predicted octanol–water partition coefficient (Wildman–Crippen LogP) is 7.16.